The summed E-state index contributed by atoms with van der Waals surface area (Å²) in [4.78, 5) is 0. The highest BCUT2D eigenvalue weighted by Crippen LogP contribution is 2.41. The maximum atomic E-state index is 8.55. The molecular weight excluding hydrogens is 460 g/mol. The van der Waals surface area contributed by atoms with Crippen molar-refractivity contribution in [2.45, 2.75) is 0 Å². The minimum Gasteiger partial charge on any atom is -0.231 e. The average molecular weight is 486 g/mol. The Labute approximate surface area is 221 Å². The Kier molecular flexibility index (Phi) is 3.79. The van der Waals surface area contributed by atoms with Gasteiger partial charge in [-0.15, -0.1) is 0 Å². The molecule has 0 spiro atoms. The van der Waals surface area contributed by atoms with E-state index in [2.05, 4.69) is 30.3 Å². The van der Waals surface area contributed by atoms with Gasteiger partial charge in [0.15, 0.2) is 0 Å². The number of hydrogen-bond donors (Lipinski definition) is 0. The van der Waals surface area contributed by atoms with E-state index in [1.165, 1.54) is 5.39 Å². The summed E-state index contributed by atoms with van der Waals surface area (Å²) in [6.45, 7) is 0. The molecule has 7 aromatic rings. The Morgan fingerprint density at radius 1 is 0.639 bits per heavy atom. The Morgan fingerprint density at radius 2 is 1.33 bits per heavy atom. The minimum absolute atomic E-state index is 0.0544. The molecule has 0 atom stereocenters. The Balaban J connectivity index is 1.50. The highest BCUT2D eigenvalue weighted by Gasteiger charge is 2.18. The maximum absolute atomic E-state index is 8.55. The van der Waals surface area contributed by atoms with E-state index < -0.39 is 18.1 Å². The van der Waals surface area contributed by atoms with E-state index in [9.17, 15) is 0 Å². The molecule has 0 aliphatic carbocycles. The maximum Gasteiger partial charge on any atom is 0.101 e. The van der Waals surface area contributed by atoms with Crippen LogP contribution in [0.25, 0.3) is 60.5 Å². The van der Waals surface area contributed by atoms with Gasteiger partial charge in [0.1, 0.15) is 5.69 Å². The SMILES string of the molecule is [2H]c1c([2H])c([2H])c(-c2nn(-c3cccc(-c4cc5ccccc5c5ccccc45)c3Cl)c3ccccc23)c([2H])c1[2H]. The van der Waals surface area contributed by atoms with E-state index in [0.29, 0.717) is 27.3 Å². The number of fused-ring (bicyclic) bond motifs is 4. The van der Waals surface area contributed by atoms with Crippen molar-refractivity contribution in [3.63, 3.8) is 0 Å². The molecule has 0 radical (unpaired) electrons. The zero-order valence-corrected chi connectivity index (χ0v) is 19.8. The van der Waals surface area contributed by atoms with Crippen LogP contribution >= 0.6 is 11.6 Å². The van der Waals surface area contributed by atoms with Crippen molar-refractivity contribution >= 4 is 44.0 Å². The molecule has 0 fully saturated rings. The van der Waals surface area contributed by atoms with Crippen LogP contribution in [0.15, 0.2) is 127 Å². The molecule has 0 bridgehead atoms. The van der Waals surface area contributed by atoms with Gasteiger partial charge in [0.2, 0.25) is 0 Å². The van der Waals surface area contributed by atoms with Crippen LogP contribution in [0.2, 0.25) is 5.02 Å². The molecule has 2 nitrogen and oxygen atoms in total. The van der Waals surface area contributed by atoms with Gasteiger partial charge in [-0.1, -0.05) is 121 Å². The zero-order valence-electron chi connectivity index (χ0n) is 24.0. The normalized spacial score (nSPS) is 13.4. The van der Waals surface area contributed by atoms with Crippen molar-refractivity contribution in [1.82, 2.24) is 9.78 Å². The summed E-state index contributed by atoms with van der Waals surface area (Å²) in [6.07, 6.45) is 0. The van der Waals surface area contributed by atoms with Crippen LogP contribution in [0.3, 0.4) is 0 Å². The van der Waals surface area contributed by atoms with Crippen molar-refractivity contribution in [1.29, 1.82) is 0 Å². The van der Waals surface area contributed by atoms with Crippen molar-refractivity contribution < 1.29 is 6.85 Å². The molecule has 3 heteroatoms. The van der Waals surface area contributed by atoms with E-state index >= 15 is 0 Å². The van der Waals surface area contributed by atoms with Crippen LogP contribution in [0.1, 0.15) is 6.85 Å². The highest BCUT2D eigenvalue weighted by atomic mass is 35.5. The summed E-state index contributed by atoms with van der Waals surface area (Å²) >= 11 is 7.20. The molecule has 0 saturated heterocycles. The molecule has 6 aromatic carbocycles. The Hall–Kier alpha value is -4.40. The number of nitrogens with zero attached hydrogens (tertiary/aromatic N) is 2. The quantitative estimate of drug-likeness (QED) is 0.228. The summed E-state index contributed by atoms with van der Waals surface area (Å²) < 4.78 is 43.2. The van der Waals surface area contributed by atoms with Crippen LogP contribution < -0.4 is 0 Å². The summed E-state index contributed by atoms with van der Waals surface area (Å²) in [6, 6.07) is 30.1. The molecule has 0 saturated carbocycles. The van der Waals surface area contributed by atoms with Gasteiger partial charge in [-0.05, 0) is 45.3 Å². The van der Waals surface area contributed by atoms with E-state index in [4.69, 9.17) is 23.6 Å². The Morgan fingerprint density at radius 3 is 2.17 bits per heavy atom. The fraction of sp³-hybridized carbons (Fsp3) is 0. The second kappa shape index (κ2) is 8.37. The van der Waals surface area contributed by atoms with Gasteiger partial charge in [-0.3, -0.25) is 0 Å². The molecule has 0 unspecified atom stereocenters. The van der Waals surface area contributed by atoms with Gasteiger partial charge in [0.05, 0.1) is 23.1 Å². The number of para-hydroxylation sites is 1. The van der Waals surface area contributed by atoms with E-state index in [0.717, 1.165) is 27.3 Å². The second-order valence-corrected chi connectivity index (χ2v) is 8.99. The fourth-order valence-electron chi connectivity index (χ4n) is 4.97. The van der Waals surface area contributed by atoms with Gasteiger partial charge in [0.25, 0.3) is 0 Å². The fourth-order valence-corrected chi connectivity index (χ4v) is 5.28. The van der Waals surface area contributed by atoms with Gasteiger partial charge >= 0.3 is 0 Å². The standard InChI is InChI=1S/C33H21ClN2/c34-32-27(29-21-23-13-4-5-14-24(23)25-15-6-7-16-26(25)29)18-10-20-31(32)36-30-19-9-8-17-28(30)33(35-36)22-11-2-1-3-12-22/h1-21H/i1D,2D,3D,11D,12D. The highest BCUT2D eigenvalue weighted by molar-refractivity contribution is 6.36. The molecule has 1 aromatic heterocycles. The lowest BCUT2D eigenvalue weighted by molar-refractivity contribution is 0.915. The van der Waals surface area contributed by atoms with Crippen LogP contribution in [0.5, 0.6) is 0 Å². The third kappa shape index (κ3) is 3.23. The third-order valence-electron chi connectivity index (χ3n) is 6.59. The van der Waals surface area contributed by atoms with Crippen molar-refractivity contribution in [3.05, 3.63) is 132 Å². The van der Waals surface area contributed by atoms with Crippen molar-refractivity contribution in [3.8, 4) is 28.1 Å². The zero-order chi connectivity index (χ0) is 28.4. The lowest BCUT2D eigenvalue weighted by Gasteiger charge is -2.15. The Bertz CT molecular complexity index is 2160. The first-order valence-corrected chi connectivity index (χ1v) is 12.0. The summed E-state index contributed by atoms with van der Waals surface area (Å²) in [5, 5.41) is 10.5. The first-order valence-electron chi connectivity index (χ1n) is 14.1. The first-order chi connectivity index (χ1) is 19.9. The number of aromatic nitrogens is 2. The van der Waals surface area contributed by atoms with Gasteiger partial charge in [0, 0.05) is 16.5 Å². The smallest absolute Gasteiger partial charge is 0.101 e. The monoisotopic (exact) mass is 485 g/mol. The molecule has 36 heavy (non-hydrogen) atoms. The van der Waals surface area contributed by atoms with Crippen LogP contribution in [-0.2, 0) is 0 Å². The first kappa shape index (κ1) is 16.3. The second-order valence-electron chi connectivity index (χ2n) is 8.61. The summed E-state index contributed by atoms with van der Waals surface area (Å²) in [5.41, 5.74) is 3.52. The average Bonchev–Trinajstić information content (AvgIpc) is 3.38. The largest absolute Gasteiger partial charge is 0.231 e. The molecule has 170 valence electrons. The van der Waals surface area contributed by atoms with E-state index in [1.807, 2.05) is 66.7 Å². The molecule has 1 heterocycles. The molecular formula is C33H21ClN2. The minimum atomic E-state index is -0.439. The predicted molar refractivity (Wildman–Crippen MR) is 152 cm³/mol. The molecule has 0 aliphatic rings. The molecule has 7 rings (SSSR count). The number of hydrogen-bond acceptors (Lipinski definition) is 1. The van der Waals surface area contributed by atoms with Crippen molar-refractivity contribution in [2.24, 2.45) is 0 Å². The summed E-state index contributed by atoms with van der Waals surface area (Å²) in [5.74, 6) is 0. The van der Waals surface area contributed by atoms with E-state index in [1.54, 1.807) is 4.68 Å². The predicted octanol–water partition coefficient (Wildman–Crippen LogP) is 9.32. The topological polar surface area (TPSA) is 17.8 Å². The van der Waals surface area contributed by atoms with Gasteiger partial charge in [-0.25, -0.2) is 4.68 Å². The molecule has 0 amide bonds. The van der Waals surface area contributed by atoms with Crippen LogP contribution in [0, 0.1) is 0 Å². The van der Waals surface area contributed by atoms with Crippen molar-refractivity contribution in [2.75, 3.05) is 0 Å². The third-order valence-corrected chi connectivity index (χ3v) is 6.99. The number of halogens is 1. The lowest BCUT2D eigenvalue weighted by atomic mass is 9.93. The van der Waals surface area contributed by atoms with E-state index in [-0.39, 0.29) is 17.6 Å². The van der Waals surface area contributed by atoms with Crippen LogP contribution in [0.4, 0.5) is 0 Å². The van der Waals surface area contributed by atoms with Gasteiger partial charge in [-0.2, -0.15) is 5.10 Å². The number of rotatable bonds is 3. The number of benzene rings is 6. The molecule has 0 N–H and O–H groups in total. The van der Waals surface area contributed by atoms with Crippen LogP contribution in [-0.4, -0.2) is 9.78 Å². The molecule has 0 aliphatic heterocycles. The summed E-state index contributed by atoms with van der Waals surface area (Å²) in [7, 11) is 0. The lowest BCUT2D eigenvalue weighted by Crippen LogP contribution is -1.99. The van der Waals surface area contributed by atoms with Gasteiger partial charge < -0.3 is 0 Å².